The Balaban J connectivity index is 1.81. The Morgan fingerprint density at radius 2 is 2.10 bits per heavy atom. The van der Waals surface area contributed by atoms with Crippen LogP contribution in [0.1, 0.15) is 18.9 Å². The Hall–Kier alpha value is -1.75. The molecule has 4 heterocycles. The number of hydrogen-bond donors (Lipinski definition) is 1. The molecule has 3 saturated heterocycles. The van der Waals surface area contributed by atoms with Gasteiger partial charge in [-0.25, -0.2) is 4.98 Å². The number of fused-ring (bicyclic) bond motifs is 4. The zero-order valence-electron chi connectivity index (χ0n) is 11.7. The molecule has 3 aliphatic rings. The van der Waals surface area contributed by atoms with E-state index in [1.807, 2.05) is 12.1 Å². The summed E-state index contributed by atoms with van der Waals surface area (Å²) in [5.74, 6) is 2.20. The van der Waals surface area contributed by atoms with Crippen LogP contribution in [0.2, 0.25) is 0 Å². The smallest absolute Gasteiger partial charge is 0.201 e. The van der Waals surface area contributed by atoms with E-state index in [1.165, 1.54) is 25.9 Å². The number of benzene rings is 1. The van der Waals surface area contributed by atoms with Gasteiger partial charge < -0.3 is 19.9 Å². The van der Waals surface area contributed by atoms with Gasteiger partial charge >= 0.3 is 0 Å². The minimum absolute atomic E-state index is 0.468. The molecular formula is C15H20N4O. The predicted octanol–water partition coefficient (Wildman–Crippen LogP) is 1.89. The highest BCUT2D eigenvalue weighted by atomic mass is 16.5. The van der Waals surface area contributed by atoms with E-state index in [4.69, 9.17) is 10.5 Å². The van der Waals surface area contributed by atoms with E-state index in [1.54, 1.807) is 7.11 Å². The number of anilines is 1. The third-order valence-corrected chi connectivity index (χ3v) is 4.88. The van der Waals surface area contributed by atoms with Gasteiger partial charge in [0, 0.05) is 12.6 Å². The van der Waals surface area contributed by atoms with Crippen molar-refractivity contribution in [3.8, 4) is 5.75 Å². The highest BCUT2D eigenvalue weighted by Gasteiger charge is 2.36. The van der Waals surface area contributed by atoms with E-state index >= 15 is 0 Å². The number of nitrogens with zero attached hydrogens (tertiary/aromatic N) is 3. The van der Waals surface area contributed by atoms with Crippen molar-refractivity contribution < 1.29 is 4.74 Å². The number of aromatic nitrogens is 2. The lowest BCUT2D eigenvalue weighted by Crippen LogP contribution is -2.48. The Morgan fingerprint density at radius 1 is 1.30 bits per heavy atom. The number of methoxy groups -OCH3 is 1. The van der Waals surface area contributed by atoms with Crippen molar-refractivity contribution in [1.82, 2.24) is 14.5 Å². The minimum Gasteiger partial charge on any atom is -0.497 e. The van der Waals surface area contributed by atoms with Gasteiger partial charge in [-0.15, -0.1) is 0 Å². The van der Waals surface area contributed by atoms with Crippen molar-refractivity contribution in [1.29, 1.82) is 0 Å². The summed E-state index contributed by atoms with van der Waals surface area (Å²) < 4.78 is 7.51. The van der Waals surface area contributed by atoms with Crippen molar-refractivity contribution in [3.63, 3.8) is 0 Å². The number of rotatable bonds is 2. The normalized spacial score (nSPS) is 28.9. The van der Waals surface area contributed by atoms with Crippen LogP contribution in [0.15, 0.2) is 18.2 Å². The van der Waals surface area contributed by atoms with Crippen molar-refractivity contribution in [2.24, 2.45) is 5.92 Å². The molecular weight excluding hydrogens is 252 g/mol. The number of nitrogens with two attached hydrogens (primary N) is 1. The average molecular weight is 272 g/mol. The van der Waals surface area contributed by atoms with Gasteiger partial charge in [0.15, 0.2) is 0 Å². The molecule has 106 valence electrons. The fourth-order valence-electron chi connectivity index (χ4n) is 3.80. The monoisotopic (exact) mass is 272 g/mol. The molecule has 0 aliphatic carbocycles. The van der Waals surface area contributed by atoms with Crippen molar-refractivity contribution in [2.45, 2.75) is 18.9 Å². The van der Waals surface area contributed by atoms with Gasteiger partial charge in [-0.05, 0) is 44.0 Å². The van der Waals surface area contributed by atoms with Crippen LogP contribution in [-0.4, -0.2) is 41.2 Å². The summed E-state index contributed by atoms with van der Waals surface area (Å²) in [4.78, 5) is 7.06. The van der Waals surface area contributed by atoms with Gasteiger partial charge in [0.25, 0.3) is 0 Å². The largest absolute Gasteiger partial charge is 0.497 e. The van der Waals surface area contributed by atoms with Crippen LogP contribution in [-0.2, 0) is 0 Å². The maximum atomic E-state index is 6.20. The molecule has 0 spiro atoms. The first-order valence-electron chi connectivity index (χ1n) is 7.30. The molecule has 5 heteroatoms. The molecule has 5 nitrogen and oxygen atoms in total. The fourth-order valence-corrected chi connectivity index (χ4v) is 3.80. The first kappa shape index (κ1) is 12.0. The summed E-state index contributed by atoms with van der Waals surface area (Å²) in [6.45, 7) is 3.58. The Morgan fingerprint density at radius 3 is 2.75 bits per heavy atom. The number of imidazole rings is 1. The summed E-state index contributed by atoms with van der Waals surface area (Å²) in [6.07, 6.45) is 2.56. The van der Waals surface area contributed by atoms with Gasteiger partial charge in [0.05, 0.1) is 24.2 Å². The Labute approximate surface area is 118 Å². The lowest BCUT2D eigenvalue weighted by Gasteiger charge is -2.45. The van der Waals surface area contributed by atoms with E-state index in [0.29, 0.717) is 12.0 Å². The van der Waals surface area contributed by atoms with Crippen LogP contribution in [0.25, 0.3) is 11.0 Å². The third-order valence-electron chi connectivity index (χ3n) is 4.88. The van der Waals surface area contributed by atoms with Crippen LogP contribution < -0.4 is 10.5 Å². The van der Waals surface area contributed by atoms with E-state index in [0.717, 1.165) is 29.2 Å². The van der Waals surface area contributed by atoms with Crippen LogP contribution in [0.4, 0.5) is 5.95 Å². The summed E-state index contributed by atoms with van der Waals surface area (Å²) in [5, 5.41) is 0. The lowest BCUT2D eigenvalue weighted by molar-refractivity contribution is 0.0598. The molecule has 0 saturated carbocycles. The highest BCUT2D eigenvalue weighted by Crippen LogP contribution is 2.39. The zero-order chi connectivity index (χ0) is 13.7. The quantitative estimate of drug-likeness (QED) is 0.907. The molecule has 5 rings (SSSR count). The zero-order valence-corrected chi connectivity index (χ0v) is 11.7. The molecule has 0 amide bonds. The molecule has 1 unspecified atom stereocenters. The molecule has 1 aromatic carbocycles. The third kappa shape index (κ3) is 1.69. The first-order valence-corrected chi connectivity index (χ1v) is 7.30. The predicted molar refractivity (Wildman–Crippen MR) is 78.9 cm³/mol. The second-order valence-electron chi connectivity index (χ2n) is 5.90. The number of nitrogen functional groups attached to an aromatic ring is 1. The van der Waals surface area contributed by atoms with Gasteiger partial charge in [-0.1, -0.05) is 0 Å². The van der Waals surface area contributed by atoms with Crippen molar-refractivity contribution in [3.05, 3.63) is 18.2 Å². The second-order valence-corrected chi connectivity index (χ2v) is 5.90. The van der Waals surface area contributed by atoms with Crippen LogP contribution in [0.3, 0.4) is 0 Å². The second kappa shape index (κ2) is 4.38. The average Bonchev–Trinajstić information content (AvgIpc) is 2.83. The summed E-state index contributed by atoms with van der Waals surface area (Å²) in [5.41, 5.74) is 8.26. The maximum absolute atomic E-state index is 6.20. The molecule has 1 aromatic heterocycles. The van der Waals surface area contributed by atoms with Crippen molar-refractivity contribution in [2.75, 3.05) is 32.5 Å². The van der Waals surface area contributed by atoms with Gasteiger partial charge in [-0.3, -0.25) is 0 Å². The summed E-state index contributed by atoms with van der Waals surface area (Å²) in [6, 6.07) is 6.50. The first-order chi connectivity index (χ1) is 9.76. The van der Waals surface area contributed by atoms with Crippen LogP contribution >= 0.6 is 0 Å². The van der Waals surface area contributed by atoms with Gasteiger partial charge in [0.1, 0.15) is 5.75 Å². The molecule has 2 N–H and O–H groups in total. The molecule has 1 atom stereocenters. The van der Waals surface area contributed by atoms with E-state index in [-0.39, 0.29) is 0 Å². The van der Waals surface area contributed by atoms with Crippen LogP contribution in [0, 0.1) is 5.92 Å². The Bertz CT molecular complexity index is 643. The topological polar surface area (TPSA) is 56.3 Å². The molecule has 0 radical (unpaired) electrons. The standard InChI is InChI=1S/C15H20N4O/c1-20-11-2-3-13-12(8-11)17-15(16)19(13)14-9-18-6-4-10(14)5-7-18/h2-3,8,10,14H,4-7,9H2,1H3,(H2,16,17). The number of hydrogen-bond acceptors (Lipinski definition) is 4. The lowest BCUT2D eigenvalue weighted by atomic mass is 9.84. The molecule has 3 fully saturated rings. The fraction of sp³-hybridized carbons (Fsp3) is 0.533. The van der Waals surface area contributed by atoms with E-state index < -0.39 is 0 Å². The highest BCUT2D eigenvalue weighted by molar-refractivity contribution is 5.80. The number of piperidine rings is 3. The van der Waals surface area contributed by atoms with Gasteiger partial charge in [0.2, 0.25) is 5.95 Å². The number of ether oxygens (including phenoxy) is 1. The summed E-state index contributed by atoms with van der Waals surface area (Å²) >= 11 is 0. The Kier molecular flexibility index (Phi) is 2.63. The van der Waals surface area contributed by atoms with Gasteiger partial charge in [-0.2, -0.15) is 0 Å². The molecule has 2 bridgehead atoms. The summed E-state index contributed by atoms with van der Waals surface area (Å²) in [7, 11) is 1.68. The van der Waals surface area contributed by atoms with E-state index in [9.17, 15) is 0 Å². The molecule has 3 aliphatic heterocycles. The van der Waals surface area contributed by atoms with E-state index in [2.05, 4.69) is 20.5 Å². The van der Waals surface area contributed by atoms with Crippen molar-refractivity contribution >= 4 is 17.0 Å². The SMILES string of the molecule is COc1ccc2c(c1)nc(N)n2C1CN2CCC1CC2. The maximum Gasteiger partial charge on any atom is 0.201 e. The van der Waals surface area contributed by atoms with Crippen LogP contribution in [0.5, 0.6) is 5.75 Å². The minimum atomic E-state index is 0.468. The molecule has 2 aromatic rings. The molecule has 20 heavy (non-hydrogen) atoms.